The lowest BCUT2D eigenvalue weighted by Gasteiger charge is -2.19. The largest absolute Gasteiger partial charge is 0.486 e. The molecule has 0 amide bonds. The molecular weight excluding hydrogens is 256 g/mol. The van der Waals surface area contributed by atoms with E-state index in [0.29, 0.717) is 13.2 Å². The van der Waals surface area contributed by atoms with Crippen molar-refractivity contribution in [1.82, 2.24) is 0 Å². The standard InChI is InChI=1S/C13H11ClO2S/c14-13(12-2-1-7-17-12)9-3-4-10-11(8-9)16-6-5-15-10/h1-4,7-8,13H,5-6H2. The van der Waals surface area contributed by atoms with Crippen LogP contribution >= 0.6 is 22.9 Å². The second-order valence-corrected chi connectivity index (χ2v) is 5.20. The van der Waals surface area contributed by atoms with Crippen molar-refractivity contribution in [3.8, 4) is 11.5 Å². The van der Waals surface area contributed by atoms with Gasteiger partial charge in [0, 0.05) is 4.88 Å². The Bertz CT molecular complexity index is 510. The van der Waals surface area contributed by atoms with E-state index in [4.69, 9.17) is 21.1 Å². The van der Waals surface area contributed by atoms with Crippen LogP contribution in [-0.2, 0) is 0 Å². The van der Waals surface area contributed by atoms with Crippen molar-refractivity contribution in [2.45, 2.75) is 5.38 Å². The van der Waals surface area contributed by atoms with Gasteiger partial charge >= 0.3 is 0 Å². The third-order valence-electron chi connectivity index (χ3n) is 2.65. The second kappa shape index (κ2) is 4.59. The predicted molar refractivity (Wildman–Crippen MR) is 69.4 cm³/mol. The number of fused-ring (bicyclic) bond motifs is 1. The molecule has 1 atom stereocenters. The molecule has 2 aromatic rings. The van der Waals surface area contributed by atoms with Crippen LogP contribution in [0.15, 0.2) is 35.7 Å². The SMILES string of the molecule is ClC(c1ccc2c(c1)OCCO2)c1cccs1. The molecule has 4 heteroatoms. The van der Waals surface area contributed by atoms with Gasteiger partial charge in [-0.2, -0.15) is 0 Å². The number of ether oxygens (including phenoxy) is 2. The monoisotopic (exact) mass is 266 g/mol. The van der Waals surface area contributed by atoms with Crippen molar-refractivity contribution >= 4 is 22.9 Å². The Morgan fingerprint density at radius 3 is 2.71 bits per heavy atom. The fourth-order valence-corrected chi connectivity index (χ4v) is 2.91. The molecule has 0 saturated carbocycles. The summed E-state index contributed by atoms with van der Waals surface area (Å²) in [6, 6.07) is 9.93. The molecule has 0 aliphatic carbocycles. The van der Waals surface area contributed by atoms with Crippen molar-refractivity contribution in [3.05, 3.63) is 46.2 Å². The first-order chi connectivity index (χ1) is 8.34. The molecule has 1 aromatic carbocycles. The maximum Gasteiger partial charge on any atom is 0.161 e. The summed E-state index contributed by atoms with van der Waals surface area (Å²) in [5.74, 6) is 1.59. The van der Waals surface area contributed by atoms with E-state index in [9.17, 15) is 0 Å². The molecule has 2 nitrogen and oxygen atoms in total. The molecule has 0 radical (unpaired) electrons. The van der Waals surface area contributed by atoms with Gasteiger partial charge in [-0.05, 0) is 29.1 Å². The van der Waals surface area contributed by atoms with Gasteiger partial charge in [0.25, 0.3) is 0 Å². The molecule has 0 bridgehead atoms. The van der Waals surface area contributed by atoms with E-state index in [1.165, 1.54) is 0 Å². The van der Waals surface area contributed by atoms with E-state index in [1.54, 1.807) is 11.3 Å². The summed E-state index contributed by atoms with van der Waals surface area (Å²) >= 11 is 8.09. The van der Waals surface area contributed by atoms with Crippen molar-refractivity contribution in [3.63, 3.8) is 0 Å². The number of hydrogen-bond donors (Lipinski definition) is 0. The molecule has 0 saturated heterocycles. The van der Waals surface area contributed by atoms with E-state index in [0.717, 1.165) is 21.9 Å². The first-order valence-corrected chi connectivity index (χ1v) is 6.73. The summed E-state index contributed by atoms with van der Waals surface area (Å²) in [6.45, 7) is 1.21. The highest BCUT2D eigenvalue weighted by atomic mass is 35.5. The summed E-state index contributed by atoms with van der Waals surface area (Å²) in [5, 5.41) is 1.91. The van der Waals surface area contributed by atoms with Crippen LogP contribution in [0.1, 0.15) is 15.8 Å². The van der Waals surface area contributed by atoms with Crippen LogP contribution in [0.2, 0.25) is 0 Å². The highest BCUT2D eigenvalue weighted by molar-refractivity contribution is 7.10. The average molecular weight is 267 g/mol. The van der Waals surface area contributed by atoms with E-state index >= 15 is 0 Å². The zero-order valence-corrected chi connectivity index (χ0v) is 10.6. The number of benzene rings is 1. The third-order valence-corrected chi connectivity index (χ3v) is 4.21. The molecule has 1 unspecified atom stereocenters. The van der Waals surface area contributed by atoms with Gasteiger partial charge in [-0.3, -0.25) is 0 Å². The summed E-state index contributed by atoms with van der Waals surface area (Å²) in [5.41, 5.74) is 1.04. The minimum Gasteiger partial charge on any atom is -0.486 e. The maximum atomic E-state index is 6.43. The summed E-state index contributed by atoms with van der Waals surface area (Å²) in [6.07, 6.45) is 0. The minimum atomic E-state index is -0.120. The molecule has 0 N–H and O–H groups in total. The van der Waals surface area contributed by atoms with Crippen LogP contribution in [0.4, 0.5) is 0 Å². The molecule has 0 spiro atoms. The molecule has 1 aliphatic heterocycles. The Kier molecular flexibility index (Phi) is 2.95. The first-order valence-electron chi connectivity index (χ1n) is 5.41. The number of hydrogen-bond acceptors (Lipinski definition) is 3. The van der Waals surface area contributed by atoms with Crippen LogP contribution in [0.3, 0.4) is 0 Å². The van der Waals surface area contributed by atoms with Gasteiger partial charge in [0.1, 0.15) is 13.2 Å². The van der Waals surface area contributed by atoms with Crippen molar-refractivity contribution in [1.29, 1.82) is 0 Å². The van der Waals surface area contributed by atoms with Gasteiger partial charge in [-0.1, -0.05) is 12.1 Å². The van der Waals surface area contributed by atoms with Gasteiger partial charge in [0.05, 0.1) is 5.38 Å². The van der Waals surface area contributed by atoms with Gasteiger partial charge in [0.15, 0.2) is 11.5 Å². The maximum absolute atomic E-state index is 6.43. The molecule has 17 heavy (non-hydrogen) atoms. The van der Waals surface area contributed by atoms with E-state index in [-0.39, 0.29) is 5.38 Å². The Morgan fingerprint density at radius 1 is 1.12 bits per heavy atom. The van der Waals surface area contributed by atoms with Crippen LogP contribution in [-0.4, -0.2) is 13.2 Å². The fraction of sp³-hybridized carbons (Fsp3) is 0.231. The van der Waals surface area contributed by atoms with Gasteiger partial charge in [0.2, 0.25) is 0 Å². The lowest BCUT2D eigenvalue weighted by molar-refractivity contribution is 0.171. The average Bonchev–Trinajstić information content (AvgIpc) is 2.91. The molecule has 88 valence electrons. The van der Waals surface area contributed by atoms with Gasteiger partial charge < -0.3 is 9.47 Å². The molecular formula is C13H11ClO2S. The minimum absolute atomic E-state index is 0.120. The van der Waals surface area contributed by atoms with Crippen LogP contribution in [0, 0.1) is 0 Å². The smallest absolute Gasteiger partial charge is 0.161 e. The number of rotatable bonds is 2. The Morgan fingerprint density at radius 2 is 1.94 bits per heavy atom. The Labute approximate surface area is 109 Å². The van der Waals surface area contributed by atoms with Gasteiger partial charge in [-0.15, -0.1) is 22.9 Å². The lowest BCUT2D eigenvalue weighted by atomic mass is 10.1. The van der Waals surface area contributed by atoms with Crippen LogP contribution in [0.25, 0.3) is 0 Å². The van der Waals surface area contributed by atoms with E-state index < -0.39 is 0 Å². The molecule has 3 rings (SSSR count). The molecule has 1 aromatic heterocycles. The van der Waals surface area contributed by atoms with Crippen molar-refractivity contribution in [2.24, 2.45) is 0 Å². The topological polar surface area (TPSA) is 18.5 Å². The number of thiophene rings is 1. The van der Waals surface area contributed by atoms with Gasteiger partial charge in [-0.25, -0.2) is 0 Å². The molecule has 0 fully saturated rings. The zero-order valence-electron chi connectivity index (χ0n) is 9.06. The normalized spacial score (nSPS) is 15.6. The quantitative estimate of drug-likeness (QED) is 0.769. The first kappa shape index (κ1) is 10.9. The van der Waals surface area contributed by atoms with E-state index in [2.05, 4.69) is 0 Å². The zero-order chi connectivity index (χ0) is 11.7. The summed E-state index contributed by atoms with van der Waals surface area (Å²) in [7, 11) is 0. The van der Waals surface area contributed by atoms with Crippen LogP contribution in [0.5, 0.6) is 11.5 Å². The fourth-order valence-electron chi connectivity index (χ4n) is 1.82. The second-order valence-electron chi connectivity index (χ2n) is 3.78. The molecule has 2 heterocycles. The van der Waals surface area contributed by atoms with Crippen molar-refractivity contribution in [2.75, 3.05) is 13.2 Å². The lowest BCUT2D eigenvalue weighted by Crippen LogP contribution is -2.15. The number of halogens is 1. The number of alkyl halides is 1. The predicted octanol–water partition coefficient (Wildman–Crippen LogP) is 3.85. The van der Waals surface area contributed by atoms with Crippen molar-refractivity contribution < 1.29 is 9.47 Å². The van der Waals surface area contributed by atoms with Crippen LogP contribution < -0.4 is 9.47 Å². The summed E-state index contributed by atoms with van der Waals surface area (Å²) in [4.78, 5) is 1.14. The Balaban J connectivity index is 1.93. The molecule has 1 aliphatic rings. The highest BCUT2D eigenvalue weighted by Gasteiger charge is 2.17. The third kappa shape index (κ3) is 2.13. The Hall–Kier alpha value is -1.19. The summed E-state index contributed by atoms with van der Waals surface area (Å²) < 4.78 is 11.0. The van der Waals surface area contributed by atoms with E-state index in [1.807, 2.05) is 35.7 Å². The highest BCUT2D eigenvalue weighted by Crippen LogP contribution is 2.37.